The van der Waals surface area contributed by atoms with Gasteiger partial charge in [-0.3, -0.25) is 4.90 Å². The zero-order valence-corrected chi connectivity index (χ0v) is 17.7. The van der Waals surface area contributed by atoms with Crippen LogP contribution in [0.25, 0.3) is 0 Å². The fraction of sp³-hybridized carbons (Fsp3) is 0.500. The van der Waals surface area contributed by atoms with Crippen LogP contribution in [-0.2, 0) is 16.1 Å². The van der Waals surface area contributed by atoms with Gasteiger partial charge in [0.05, 0.1) is 10.0 Å². The highest BCUT2D eigenvalue weighted by Crippen LogP contribution is 2.28. The molecular formula is C20H28Cl2N2O4. The molecule has 0 saturated carbocycles. The van der Waals surface area contributed by atoms with Gasteiger partial charge in [0.2, 0.25) is 0 Å². The average molecular weight is 431 g/mol. The molecule has 0 unspecified atom stereocenters. The summed E-state index contributed by atoms with van der Waals surface area (Å²) in [4.78, 5) is 21.7. The molecule has 3 N–H and O–H groups in total. The summed E-state index contributed by atoms with van der Waals surface area (Å²) in [6, 6.07) is 6.57. The Balaban J connectivity index is 0.000000416. The predicted octanol–water partition coefficient (Wildman–Crippen LogP) is 3.92. The Morgan fingerprint density at radius 1 is 1.18 bits per heavy atom. The molecule has 0 amide bonds. The van der Waals surface area contributed by atoms with Crippen LogP contribution in [0.2, 0.25) is 10.0 Å². The van der Waals surface area contributed by atoms with Crippen LogP contribution in [0, 0.1) is 5.92 Å². The highest BCUT2D eigenvalue weighted by molar-refractivity contribution is 6.42. The van der Waals surface area contributed by atoms with Gasteiger partial charge in [-0.05, 0) is 43.5 Å². The number of rotatable bonds is 7. The van der Waals surface area contributed by atoms with Crippen molar-refractivity contribution in [1.29, 1.82) is 0 Å². The van der Waals surface area contributed by atoms with Gasteiger partial charge in [-0.2, -0.15) is 0 Å². The van der Waals surface area contributed by atoms with E-state index in [2.05, 4.69) is 30.1 Å². The fourth-order valence-electron chi connectivity index (χ4n) is 3.02. The zero-order valence-electron chi connectivity index (χ0n) is 16.2. The summed E-state index contributed by atoms with van der Waals surface area (Å²) in [5.41, 5.74) is 1.14. The Morgan fingerprint density at radius 3 is 2.25 bits per heavy atom. The van der Waals surface area contributed by atoms with E-state index in [0.29, 0.717) is 34.2 Å². The van der Waals surface area contributed by atoms with Crippen molar-refractivity contribution in [2.24, 2.45) is 5.92 Å². The van der Waals surface area contributed by atoms with Gasteiger partial charge in [-0.25, -0.2) is 9.59 Å². The summed E-state index contributed by atoms with van der Waals surface area (Å²) in [6.07, 6.45) is 3.54. The maximum absolute atomic E-state index is 9.55. The number of carboxylic acid groups (broad SMARTS) is 2. The number of carboxylic acids is 2. The first-order valence-electron chi connectivity index (χ1n) is 9.22. The van der Waals surface area contributed by atoms with Gasteiger partial charge in [0, 0.05) is 31.3 Å². The van der Waals surface area contributed by atoms with Crippen molar-refractivity contribution >= 4 is 35.1 Å². The van der Waals surface area contributed by atoms with Crippen LogP contribution in [0.4, 0.5) is 0 Å². The normalized spacial score (nSPS) is 14.9. The SMILES string of the molecule is CC(C)CN(Cc1cccc(Cl)c1Cl)C1CCNCC1.O=C(O)C=CC(=O)O. The minimum Gasteiger partial charge on any atom is -0.478 e. The van der Waals surface area contributed by atoms with Crippen molar-refractivity contribution in [3.05, 3.63) is 46.0 Å². The molecule has 0 aliphatic carbocycles. The molecule has 0 bridgehead atoms. The van der Waals surface area contributed by atoms with Crippen LogP contribution in [0.5, 0.6) is 0 Å². The molecule has 1 heterocycles. The zero-order chi connectivity index (χ0) is 21.1. The first-order valence-corrected chi connectivity index (χ1v) is 9.97. The molecule has 0 spiro atoms. The first-order chi connectivity index (χ1) is 13.2. The standard InChI is InChI=1S/C16H24Cl2N2.C4H4O4/c1-12(2)10-20(14-6-8-19-9-7-14)11-13-4-3-5-15(17)16(13)18;5-3(6)1-2-4(7)8/h3-5,12,14,19H,6-11H2,1-2H3;1-2H,(H,5,6)(H,7,8). The van der Waals surface area contributed by atoms with Crippen molar-refractivity contribution in [1.82, 2.24) is 10.2 Å². The summed E-state index contributed by atoms with van der Waals surface area (Å²) < 4.78 is 0. The quantitative estimate of drug-likeness (QED) is 0.567. The summed E-state index contributed by atoms with van der Waals surface area (Å²) >= 11 is 12.5. The first kappa shape index (κ1) is 24.4. The van der Waals surface area contributed by atoms with Crippen molar-refractivity contribution in [2.75, 3.05) is 19.6 Å². The van der Waals surface area contributed by atoms with E-state index in [1.54, 1.807) is 0 Å². The lowest BCUT2D eigenvalue weighted by Crippen LogP contribution is -2.44. The molecule has 0 aromatic heterocycles. The molecule has 1 saturated heterocycles. The lowest BCUT2D eigenvalue weighted by molar-refractivity contribution is -0.134. The van der Waals surface area contributed by atoms with Crippen molar-refractivity contribution in [3.8, 4) is 0 Å². The molecule has 8 heteroatoms. The van der Waals surface area contributed by atoms with E-state index in [1.165, 1.54) is 12.8 Å². The third-order valence-electron chi connectivity index (χ3n) is 4.20. The van der Waals surface area contributed by atoms with Gasteiger partial charge in [0.25, 0.3) is 0 Å². The number of piperidine rings is 1. The maximum atomic E-state index is 9.55. The highest BCUT2D eigenvalue weighted by Gasteiger charge is 2.22. The molecule has 0 atom stereocenters. The molecule has 2 rings (SSSR count). The number of nitrogens with zero attached hydrogens (tertiary/aromatic N) is 1. The molecule has 0 radical (unpaired) electrons. The molecule has 28 heavy (non-hydrogen) atoms. The Labute approximate surface area is 176 Å². The number of hydrogen-bond donors (Lipinski definition) is 3. The Morgan fingerprint density at radius 2 is 1.75 bits per heavy atom. The summed E-state index contributed by atoms with van der Waals surface area (Å²) in [5, 5.41) is 20.4. The lowest BCUT2D eigenvalue weighted by atomic mass is 10.0. The van der Waals surface area contributed by atoms with Crippen molar-refractivity contribution in [2.45, 2.75) is 39.3 Å². The molecule has 1 aromatic rings. The van der Waals surface area contributed by atoms with E-state index in [0.717, 1.165) is 31.7 Å². The van der Waals surface area contributed by atoms with E-state index in [-0.39, 0.29) is 0 Å². The van der Waals surface area contributed by atoms with Crippen LogP contribution in [0.3, 0.4) is 0 Å². The minimum absolute atomic E-state index is 0.558. The van der Waals surface area contributed by atoms with Gasteiger partial charge in [0.1, 0.15) is 0 Å². The molecule has 1 fully saturated rings. The van der Waals surface area contributed by atoms with Gasteiger partial charge in [-0.15, -0.1) is 0 Å². The van der Waals surface area contributed by atoms with E-state index < -0.39 is 11.9 Å². The van der Waals surface area contributed by atoms with Crippen LogP contribution >= 0.6 is 23.2 Å². The molecule has 1 aromatic carbocycles. The summed E-state index contributed by atoms with van der Waals surface area (Å²) in [6.45, 7) is 8.77. The summed E-state index contributed by atoms with van der Waals surface area (Å²) in [7, 11) is 0. The number of benzene rings is 1. The second-order valence-electron chi connectivity index (χ2n) is 7.03. The van der Waals surface area contributed by atoms with E-state index in [4.69, 9.17) is 33.4 Å². The Kier molecular flexibility index (Phi) is 11.2. The maximum Gasteiger partial charge on any atom is 0.328 e. The number of nitrogens with one attached hydrogen (secondary N) is 1. The predicted molar refractivity (Wildman–Crippen MR) is 112 cm³/mol. The average Bonchev–Trinajstić information content (AvgIpc) is 2.64. The molecule has 6 nitrogen and oxygen atoms in total. The minimum atomic E-state index is -1.26. The van der Waals surface area contributed by atoms with Crippen LogP contribution in [0.15, 0.2) is 30.4 Å². The monoisotopic (exact) mass is 430 g/mol. The van der Waals surface area contributed by atoms with Gasteiger partial charge >= 0.3 is 11.9 Å². The number of hydrogen-bond acceptors (Lipinski definition) is 4. The van der Waals surface area contributed by atoms with Crippen molar-refractivity contribution < 1.29 is 19.8 Å². The van der Waals surface area contributed by atoms with Crippen LogP contribution in [-0.4, -0.2) is 52.7 Å². The number of halogens is 2. The Hall–Kier alpha value is -1.60. The van der Waals surface area contributed by atoms with Crippen LogP contribution < -0.4 is 5.32 Å². The molecule has 156 valence electrons. The third-order valence-corrected chi connectivity index (χ3v) is 5.06. The van der Waals surface area contributed by atoms with E-state index >= 15 is 0 Å². The third kappa shape index (κ3) is 9.55. The number of carbonyl (C=O) groups is 2. The summed E-state index contributed by atoms with van der Waals surface area (Å²) in [5.74, 6) is -1.86. The van der Waals surface area contributed by atoms with Crippen molar-refractivity contribution in [3.63, 3.8) is 0 Å². The number of aliphatic carboxylic acids is 2. The molecular weight excluding hydrogens is 403 g/mol. The van der Waals surface area contributed by atoms with Gasteiger partial charge in [-0.1, -0.05) is 49.2 Å². The van der Waals surface area contributed by atoms with Gasteiger partial charge in [0.15, 0.2) is 0 Å². The lowest BCUT2D eigenvalue weighted by Gasteiger charge is -2.36. The largest absolute Gasteiger partial charge is 0.478 e. The molecule has 1 aliphatic rings. The van der Waals surface area contributed by atoms with Gasteiger partial charge < -0.3 is 15.5 Å². The second kappa shape index (κ2) is 12.8. The highest BCUT2D eigenvalue weighted by atomic mass is 35.5. The second-order valence-corrected chi connectivity index (χ2v) is 7.81. The topological polar surface area (TPSA) is 89.9 Å². The fourth-order valence-corrected chi connectivity index (χ4v) is 3.40. The van der Waals surface area contributed by atoms with E-state index in [9.17, 15) is 9.59 Å². The van der Waals surface area contributed by atoms with Crippen LogP contribution in [0.1, 0.15) is 32.3 Å². The molecule has 1 aliphatic heterocycles. The Bertz CT molecular complexity index is 658. The smallest absolute Gasteiger partial charge is 0.328 e. The van der Waals surface area contributed by atoms with E-state index in [1.807, 2.05) is 12.1 Å².